The summed E-state index contributed by atoms with van der Waals surface area (Å²) in [5, 5.41) is 2.93. The van der Waals surface area contributed by atoms with Crippen LogP contribution in [0.2, 0.25) is 0 Å². The minimum absolute atomic E-state index is 0.0279. The highest BCUT2D eigenvalue weighted by molar-refractivity contribution is 8.00. The van der Waals surface area contributed by atoms with Crippen LogP contribution >= 0.6 is 11.8 Å². The molecule has 2 aromatic carbocycles. The van der Waals surface area contributed by atoms with Gasteiger partial charge in [0.05, 0.1) is 11.4 Å². The van der Waals surface area contributed by atoms with Crippen LogP contribution in [0, 0.1) is 6.92 Å². The molecule has 0 saturated carbocycles. The van der Waals surface area contributed by atoms with Gasteiger partial charge in [-0.3, -0.25) is 4.79 Å². The van der Waals surface area contributed by atoms with Gasteiger partial charge in [0.25, 0.3) is 0 Å². The average Bonchev–Trinajstić information content (AvgIpc) is 2.61. The lowest BCUT2D eigenvalue weighted by atomic mass is 10.1. The van der Waals surface area contributed by atoms with Gasteiger partial charge in [-0.15, -0.1) is 11.8 Å². The van der Waals surface area contributed by atoms with Crippen molar-refractivity contribution in [3.05, 3.63) is 72.7 Å². The molecule has 1 N–H and O–H groups in total. The van der Waals surface area contributed by atoms with Crippen molar-refractivity contribution in [1.82, 2.24) is 9.97 Å². The maximum Gasteiger partial charge on any atom is 0.234 e. The van der Waals surface area contributed by atoms with Gasteiger partial charge in [-0.1, -0.05) is 30.3 Å². The summed E-state index contributed by atoms with van der Waals surface area (Å²) < 4.78 is 0. The number of carbonyl (C=O) groups excluding carboxylic acids is 1. The molecule has 0 unspecified atom stereocenters. The van der Waals surface area contributed by atoms with Crippen molar-refractivity contribution in [3.63, 3.8) is 0 Å². The minimum Gasteiger partial charge on any atom is -0.325 e. The first-order valence-electron chi connectivity index (χ1n) is 7.58. The van der Waals surface area contributed by atoms with E-state index in [2.05, 4.69) is 15.3 Å². The van der Waals surface area contributed by atoms with Crippen LogP contribution in [0.15, 0.2) is 71.8 Å². The number of carbonyl (C=O) groups is 1. The Morgan fingerprint density at radius 1 is 1.08 bits per heavy atom. The highest BCUT2D eigenvalue weighted by atomic mass is 32.2. The molecule has 24 heavy (non-hydrogen) atoms. The maximum atomic E-state index is 12.1. The summed E-state index contributed by atoms with van der Waals surface area (Å²) in [6.45, 7) is 1.86. The Hall–Kier alpha value is -2.66. The first-order valence-corrected chi connectivity index (χ1v) is 8.57. The van der Waals surface area contributed by atoms with E-state index >= 15 is 0 Å². The van der Waals surface area contributed by atoms with Crippen LogP contribution in [0.5, 0.6) is 0 Å². The van der Waals surface area contributed by atoms with Gasteiger partial charge < -0.3 is 5.32 Å². The maximum absolute atomic E-state index is 12.1. The van der Waals surface area contributed by atoms with E-state index in [1.165, 1.54) is 11.8 Å². The van der Waals surface area contributed by atoms with Crippen LogP contribution in [0.3, 0.4) is 0 Å². The van der Waals surface area contributed by atoms with E-state index in [4.69, 9.17) is 0 Å². The number of nitrogens with one attached hydrogen (secondary N) is 1. The molecule has 3 aromatic rings. The molecule has 1 amide bonds. The summed E-state index contributed by atoms with van der Waals surface area (Å²) in [7, 11) is 0. The molecule has 0 aliphatic rings. The molecule has 0 atom stereocenters. The number of hydrogen-bond acceptors (Lipinski definition) is 4. The number of rotatable bonds is 5. The standard InChI is InChI=1S/C19H17N3OS/c1-14-20-11-10-18(21-14)15-6-5-7-16(12-15)22-19(23)13-24-17-8-3-2-4-9-17/h2-12H,13H2,1H3,(H,22,23). The third kappa shape index (κ3) is 4.43. The second-order valence-corrected chi connectivity index (χ2v) is 6.27. The van der Waals surface area contributed by atoms with Crippen LogP contribution in [0.1, 0.15) is 5.82 Å². The van der Waals surface area contributed by atoms with Crippen molar-refractivity contribution in [3.8, 4) is 11.3 Å². The zero-order chi connectivity index (χ0) is 16.8. The van der Waals surface area contributed by atoms with Crippen molar-refractivity contribution in [2.75, 3.05) is 11.1 Å². The van der Waals surface area contributed by atoms with Crippen molar-refractivity contribution < 1.29 is 4.79 Å². The minimum atomic E-state index is -0.0279. The van der Waals surface area contributed by atoms with E-state index in [0.717, 1.165) is 27.7 Å². The summed E-state index contributed by atoms with van der Waals surface area (Å²) in [4.78, 5) is 21.7. The predicted octanol–water partition coefficient (Wildman–Crippen LogP) is 4.18. The molecular weight excluding hydrogens is 318 g/mol. The van der Waals surface area contributed by atoms with E-state index in [-0.39, 0.29) is 5.91 Å². The first-order chi connectivity index (χ1) is 11.7. The summed E-state index contributed by atoms with van der Waals surface area (Å²) in [6.07, 6.45) is 1.74. The van der Waals surface area contributed by atoms with Crippen LogP contribution in [0.25, 0.3) is 11.3 Å². The fourth-order valence-electron chi connectivity index (χ4n) is 2.24. The highest BCUT2D eigenvalue weighted by Gasteiger charge is 2.06. The molecule has 0 radical (unpaired) electrons. The van der Waals surface area contributed by atoms with E-state index in [9.17, 15) is 4.79 Å². The average molecular weight is 335 g/mol. The first kappa shape index (κ1) is 16.2. The van der Waals surface area contributed by atoms with Gasteiger partial charge in [0, 0.05) is 22.3 Å². The van der Waals surface area contributed by atoms with Crippen LogP contribution in [-0.2, 0) is 4.79 Å². The molecule has 5 heteroatoms. The van der Waals surface area contributed by atoms with Gasteiger partial charge in [-0.25, -0.2) is 9.97 Å². The van der Waals surface area contributed by atoms with E-state index in [1.54, 1.807) is 6.20 Å². The van der Waals surface area contributed by atoms with Gasteiger partial charge in [0.15, 0.2) is 0 Å². The Kier molecular flexibility index (Phi) is 5.23. The molecule has 0 spiro atoms. The topological polar surface area (TPSA) is 54.9 Å². The zero-order valence-electron chi connectivity index (χ0n) is 13.3. The third-order valence-electron chi connectivity index (χ3n) is 3.33. The van der Waals surface area contributed by atoms with Crippen molar-refractivity contribution >= 4 is 23.4 Å². The SMILES string of the molecule is Cc1nccc(-c2cccc(NC(=O)CSc3ccccc3)c2)n1. The normalized spacial score (nSPS) is 10.4. The number of amides is 1. The number of aryl methyl sites for hydroxylation is 1. The lowest BCUT2D eigenvalue weighted by molar-refractivity contribution is -0.113. The number of hydrogen-bond donors (Lipinski definition) is 1. The van der Waals surface area contributed by atoms with Gasteiger partial charge >= 0.3 is 0 Å². The number of nitrogens with zero attached hydrogens (tertiary/aromatic N) is 2. The lowest BCUT2D eigenvalue weighted by Gasteiger charge is -2.08. The summed E-state index contributed by atoms with van der Waals surface area (Å²) in [5.41, 5.74) is 2.56. The molecule has 3 rings (SSSR count). The Balaban J connectivity index is 1.65. The molecule has 0 aliphatic carbocycles. The van der Waals surface area contributed by atoms with Crippen molar-refractivity contribution in [1.29, 1.82) is 0 Å². The molecule has 0 aliphatic heterocycles. The molecule has 120 valence electrons. The van der Waals surface area contributed by atoms with Gasteiger partial charge in [-0.2, -0.15) is 0 Å². The summed E-state index contributed by atoms with van der Waals surface area (Å²) in [5.74, 6) is 1.07. The largest absolute Gasteiger partial charge is 0.325 e. The van der Waals surface area contributed by atoms with Crippen LogP contribution in [-0.4, -0.2) is 21.6 Å². The van der Waals surface area contributed by atoms with Crippen LogP contribution in [0.4, 0.5) is 5.69 Å². The fraction of sp³-hybridized carbons (Fsp3) is 0.105. The number of benzene rings is 2. The smallest absolute Gasteiger partial charge is 0.234 e. The van der Waals surface area contributed by atoms with Gasteiger partial charge in [0.2, 0.25) is 5.91 Å². The molecule has 0 saturated heterocycles. The highest BCUT2D eigenvalue weighted by Crippen LogP contribution is 2.21. The lowest BCUT2D eigenvalue weighted by Crippen LogP contribution is -2.13. The van der Waals surface area contributed by atoms with Crippen molar-refractivity contribution in [2.24, 2.45) is 0 Å². The van der Waals surface area contributed by atoms with Gasteiger partial charge in [0.1, 0.15) is 5.82 Å². The Morgan fingerprint density at radius 3 is 2.71 bits per heavy atom. The van der Waals surface area contributed by atoms with E-state index < -0.39 is 0 Å². The van der Waals surface area contributed by atoms with Crippen LogP contribution < -0.4 is 5.32 Å². The number of aromatic nitrogens is 2. The Labute approximate surface area is 145 Å². The zero-order valence-corrected chi connectivity index (χ0v) is 14.1. The second-order valence-electron chi connectivity index (χ2n) is 5.22. The molecule has 0 fully saturated rings. The molecule has 4 nitrogen and oxygen atoms in total. The number of anilines is 1. The monoisotopic (exact) mass is 335 g/mol. The Bertz CT molecular complexity index is 837. The molecule has 0 bridgehead atoms. The summed E-state index contributed by atoms with van der Waals surface area (Å²) >= 11 is 1.52. The third-order valence-corrected chi connectivity index (χ3v) is 4.34. The number of thioether (sulfide) groups is 1. The molecule has 1 aromatic heterocycles. The predicted molar refractivity (Wildman–Crippen MR) is 98.0 cm³/mol. The fourth-order valence-corrected chi connectivity index (χ4v) is 2.96. The van der Waals surface area contributed by atoms with E-state index in [0.29, 0.717) is 5.75 Å². The van der Waals surface area contributed by atoms with Crippen molar-refractivity contribution in [2.45, 2.75) is 11.8 Å². The van der Waals surface area contributed by atoms with Gasteiger partial charge in [-0.05, 0) is 37.3 Å². The molecule has 1 heterocycles. The summed E-state index contributed by atoms with van der Waals surface area (Å²) in [6, 6.07) is 19.4. The quantitative estimate of drug-likeness (QED) is 0.711. The second kappa shape index (κ2) is 7.75. The van der Waals surface area contributed by atoms with E-state index in [1.807, 2.05) is 67.6 Å². The molecular formula is C19H17N3OS. The Morgan fingerprint density at radius 2 is 1.92 bits per heavy atom.